The molecule has 126 heavy (non-hydrogen) atoms. The largest absolute Gasteiger partial charge is 0.122 e. The molecular formula is C120H156S6. The van der Waals surface area contributed by atoms with Crippen LogP contribution in [0, 0.1) is 49.4 Å². The highest BCUT2D eigenvalue weighted by atomic mass is 32.2. The van der Waals surface area contributed by atoms with Gasteiger partial charge in [-0.1, -0.05) is 488 Å². The van der Waals surface area contributed by atoms with Crippen molar-refractivity contribution >= 4 is 102 Å². The summed E-state index contributed by atoms with van der Waals surface area (Å²) in [5.74, 6) is 3.55. The molecule has 6 aromatic carbocycles. The quantitative estimate of drug-likeness (QED) is 0.0835. The minimum absolute atomic E-state index is 0.563. The van der Waals surface area contributed by atoms with Crippen molar-refractivity contribution < 1.29 is 0 Å². The third kappa shape index (κ3) is 28.9. The van der Waals surface area contributed by atoms with Crippen molar-refractivity contribution in [1.82, 2.24) is 0 Å². The maximum Gasteiger partial charge on any atom is 0.0381 e. The highest BCUT2D eigenvalue weighted by Crippen LogP contribution is 2.57. The zero-order valence-electron chi connectivity index (χ0n) is 81.6. The average Bonchev–Trinajstić information content (AvgIpc) is 1.61. The molecule has 0 radical (unpaired) electrons. The van der Waals surface area contributed by atoms with E-state index in [0.29, 0.717) is 67.0 Å². The van der Waals surface area contributed by atoms with Crippen LogP contribution in [-0.4, -0.2) is 31.5 Å². The second-order valence-electron chi connectivity index (χ2n) is 32.0. The van der Waals surface area contributed by atoms with E-state index in [1.54, 1.807) is 48.2 Å². The van der Waals surface area contributed by atoms with Gasteiger partial charge in [0.2, 0.25) is 0 Å². The molecule has 0 fully saturated rings. The van der Waals surface area contributed by atoms with E-state index in [1.165, 1.54) is 159 Å². The Hall–Kier alpha value is -7.26. The Morgan fingerprint density at radius 3 is 0.754 bits per heavy atom. The van der Waals surface area contributed by atoms with Crippen LogP contribution in [0.5, 0.6) is 0 Å². The molecule has 0 bridgehead atoms. The molecule has 18 rings (SSSR count). The molecule has 6 aliphatic carbocycles. The van der Waals surface area contributed by atoms with Crippen molar-refractivity contribution in [3.05, 3.63) is 390 Å². The second-order valence-corrected chi connectivity index (χ2v) is 39.4. The lowest BCUT2D eigenvalue weighted by molar-refractivity contribution is 0.728. The highest BCUT2D eigenvalue weighted by Gasteiger charge is 2.40. The number of fused-ring (bicyclic) bond motifs is 6. The summed E-state index contributed by atoms with van der Waals surface area (Å²) in [6.07, 6.45) is 61.4. The molecular weight excluding hydrogens is 1630 g/mol. The standard InChI is InChI=1S/2C19H22S.2C18H20S.2C17H18S.6C2H6/c1-4-5-17-19(15-9-6-13(2)7-10-15)16-11-8-14(3)12-18(16)20-17;1-4-5-17-16-11-8-14(3)12-18(16)20-19(17)15-9-6-13(2)7-10-15;1-3-7-16-18(14-8-5-4-6-9-14)15-11-10-13(2)12-17(15)19-16;1-3-7-16-15-11-10-13(2)12-17(15)19-18(16)14-8-5-4-6-9-14;1-2-8-16-17(13-9-4-3-5-10-13)14-11-6-7-12-15(14)18-16;1-2-8-15-14-11-6-7-12-16(14)18-17(15)13-9-4-3-5-10-13;6*1-2/h2*6-12,16,18H,4-5H2,1-3H3;2*4-6,8-12,15,17H,3,7H2,1-2H3;3-7,9-12,14-15H,2,8H2,1H3;3-7,9-12,14,16H,2,8H2,1H3;6*1-2H3. The molecule has 12 atom stereocenters. The van der Waals surface area contributed by atoms with Crippen LogP contribution >= 0.6 is 70.6 Å². The Balaban J connectivity index is 0.000000202. The molecule has 12 aliphatic rings. The van der Waals surface area contributed by atoms with E-state index >= 15 is 0 Å². The molecule has 0 nitrogen and oxygen atoms in total. The van der Waals surface area contributed by atoms with Gasteiger partial charge in [-0.05, 0) is 162 Å². The molecule has 6 heterocycles. The summed E-state index contributed by atoms with van der Waals surface area (Å²) >= 11 is 12.4. The fraction of sp³-hybridized carbons (Fsp3) is 0.400. The first-order chi connectivity index (χ1) is 61.8. The SMILES string of the molecule is CC.CC.CC.CC.CC.CC.CCCC1=C(c2ccc(C)cc2)C2C=CC(C)=CC2S1.CCCC1=C(c2ccc(C)cc2)SC2C=C(C)C=CC12.CCCC1=C(c2ccccc2)C2C=CC(C)=CC2S1.CCCC1=C(c2ccccc2)C2C=CC=CC2S1.CCCC1=C(c2ccccc2)SC2C=C(C)C=CC12.CCCC1=C(c2ccccc2)SC2C=CC=CC12. The third-order valence-corrected chi connectivity index (χ3v) is 31.6. The number of hydrogen-bond acceptors (Lipinski definition) is 6. The van der Waals surface area contributed by atoms with Crippen molar-refractivity contribution in [3.8, 4) is 0 Å². The summed E-state index contributed by atoms with van der Waals surface area (Å²) in [6.45, 7) is 50.8. The number of rotatable bonds is 18. The predicted octanol–water partition coefficient (Wildman–Crippen LogP) is 38.7. The Kier molecular flexibility index (Phi) is 48.5. The summed E-state index contributed by atoms with van der Waals surface area (Å²) < 4.78 is 0. The van der Waals surface area contributed by atoms with Gasteiger partial charge in [-0.15, -0.1) is 70.6 Å². The van der Waals surface area contributed by atoms with Crippen molar-refractivity contribution in [3.63, 3.8) is 0 Å². The van der Waals surface area contributed by atoms with Crippen molar-refractivity contribution in [1.29, 1.82) is 0 Å². The number of aryl methyl sites for hydroxylation is 2. The molecule has 6 aliphatic heterocycles. The van der Waals surface area contributed by atoms with E-state index < -0.39 is 0 Å². The predicted molar refractivity (Wildman–Crippen MR) is 585 cm³/mol. The van der Waals surface area contributed by atoms with Gasteiger partial charge in [0.05, 0.1) is 0 Å². The number of allylic oxidation sites excluding steroid dienone is 27. The molecule has 12 unspecified atom stereocenters. The zero-order chi connectivity index (χ0) is 91.5. The van der Waals surface area contributed by atoms with Crippen LogP contribution in [-0.2, 0) is 0 Å². The topological polar surface area (TPSA) is 0 Å². The van der Waals surface area contributed by atoms with Crippen molar-refractivity contribution in [2.24, 2.45) is 35.5 Å². The summed E-state index contributed by atoms with van der Waals surface area (Å²) in [6, 6.07) is 61.6. The van der Waals surface area contributed by atoms with E-state index in [1.807, 2.05) is 94.8 Å². The van der Waals surface area contributed by atoms with Crippen LogP contribution in [0.4, 0.5) is 0 Å². The number of hydrogen-bond donors (Lipinski definition) is 0. The van der Waals surface area contributed by atoms with E-state index in [2.05, 4.69) is 433 Å². The van der Waals surface area contributed by atoms with Gasteiger partial charge in [0.25, 0.3) is 0 Å². The van der Waals surface area contributed by atoms with E-state index in [0.717, 1.165) is 0 Å². The van der Waals surface area contributed by atoms with E-state index in [4.69, 9.17) is 0 Å². The van der Waals surface area contributed by atoms with Crippen LogP contribution in [0.1, 0.15) is 274 Å². The Morgan fingerprint density at radius 1 is 0.214 bits per heavy atom. The highest BCUT2D eigenvalue weighted by molar-refractivity contribution is 8.10. The van der Waals surface area contributed by atoms with Gasteiger partial charge in [0.1, 0.15) is 0 Å². The summed E-state index contributed by atoms with van der Waals surface area (Å²) in [4.78, 5) is 9.35. The second kappa shape index (κ2) is 57.7. The van der Waals surface area contributed by atoms with Crippen molar-refractivity contribution in [2.75, 3.05) is 0 Å². The van der Waals surface area contributed by atoms with Gasteiger partial charge in [-0.25, -0.2) is 0 Å². The monoisotopic (exact) mass is 1790 g/mol. The maximum atomic E-state index is 2.44. The lowest BCUT2D eigenvalue weighted by Crippen LogP contribution is -2.13. The van der Waals surface area contributed by atoms with Gasteiger partial charge in [-0.3, -0.25) is 0 Å². The first-order valence-corrected chi connectivity index (χ1v) is 53.9. The molecule has 6 aromatic rings. The lowest BCUT2D eigenvalue weighted by atomic mass is 9.85. The average molecular weight is 1790 g/mol. The van der Waals surface area contributed by atoms with Gasteiger partial charge in [0, 0.05) is 81.7 Å². The fourth-order valence-electron chi connectivity index (χ4n) is 17.6. The molecule has 6 heteroatoms. The molecule has 0 spiro atoms. The van der Waals surface area contributed by atoms with Crippen LogP contribution < -0.4 is 0 Å². The van der Waals surface area contributed by atoms with Crippen molar-refractivity contribution in [2.45, 2.75) is 275 Å². The van der Waals surface area contributed by atoms with Gasteiger partial charge in [-0.2, -0.15) is 0 Å². The van der Waals surface area contributed by atoms with Crippen LogP contribution in [0.25, 0.3) is 31.4 Å². The van der Waals surface area contributed by atoms with Gasteiger partial charge in [0.15, 0.2) is 0 Å². The summed E-state index contributed by atoms with van der Waals surface area (Å²) in [7, 11) is 0. The first-order valence-electron chi connectivity index (χ1n) is 48.7. The first kappa shape index (κ1) is 106. The summed E-state index contributed by atoms with van der Waals surface area (Å²) in [5.41, 5.74) is 26.3. The third-order valence-electron chi connectivity index (χ3n) is 23.0. The minimum Gasteiger partial charge on any atom is -0.122 e. The smallest absolute Gasteiger partial charge is 0.0381 e. The van der Waals surface area contributed by atoms with E-state index in [-0.39, 0.29) is 0 Å². The zero-order valence-corrected chi connectivity index (χ0v) is 86.5. The Bertz CT molecular complexity index is 4860. The molecule has 0 saturated heterocycles. The molecule has 672 valence electrons. The minimum atomic E-state index is 0.563. The van der Waals surface area contributed by atoms with E-state index in [9.17, 15) is 0 Å². The van der Waals surface area contributed by atoms with Crippen LogP contribution in [0.3, 0.4) is 0 Å². The summed E-state index contributed by atoms with van der Waals surface area (Å²) in [5, 5.41) is 3.68. The molecule has 0 amide bonds. The van der Waals surface area contributed by atoms with Crippen LogP contribution in [0.15, 0.2) is 345 Å². The fourth-order valence-corrected chi connectivity index (χ4v) is 27.3. The molecule has 0 N–H and O–H groups in total. The van der Waals surface area contributed by atoms with Gasteiger partial charge >= 0.3 is 0 Å². The number of benzene rings is 6. The lowest BCUT2D eigenvalue weighted by Gasteiger charge is -2.20. The Labute approximate surface area is 795 Å². The van der Waals surface area contributed by atoms with Gasteiger partial charge < -0.3 is 0 Å². The number of thioether (sulfide) groups is 6. The Morgan fingerprint density at radius 2 is 0.437 bits per heavy atom. The normalized spacial score (nSPS) is 23.2. The maximum absolute atomic E-state index is 2.44. The molecule has 0 saturated carbocycles. The molecule has 0 aromatic heterocycles. The van der Waals surface area contributed by atoms with Crippen LogP contribution in [0.2, 0.25) is 0 Å².